The molecule has 0 bridgehead atoms. The summed E-state index contributed by atoms with van der Waals surface area (Å²) in [7, 11) is 0. The zero-order valence-electron chi connectivity index (χ0n) is 22.8. The van der Waals surface area contributed by atoms with E-state index in [4.69, 9.17) is 9.97 Å². The highest BCUT2D eigenvalue weighted by atomic mass is 32.1. The van der Waals surface area contributed by atoms with Crippen molar-refractivity contribution in [1.29, 1.82) is 0 Å². The summed E-state index contributed by atoms with van der Waals surface area (Å²) in [4.78, 5) is 46.5. The standard InChI is InChI=1S/C32H30N6O2S/c1-20(39)37-14-2-6-28(37)31-33-24-12-10-21(17-26(24)35-31)8-9-22-11-13-25-27(18-22)36-32(34-25)29-7-3-15-38(29)30(40)19-23-5-4-16-41-23/h4-5,10-13,16-18,28-29H,2-3,6-7,14-15,19H2,1H3,(H,33,35)(H,34,36)/t28-,29-/m0/s1. The van der Waals surface area contributed by atoms with Crippen LogP contribution in [0.4, 0.5) is 0 Å². The van der Waals surface area contributed by atoms with Gasteiger partial charge in [0.25, 0.3) is 0 Å². The molecular formula is C32H30N6O2S. The second-order valence-electron chi connectivity index (χ2n) is 10.8. The summed E-state index contributed by atoms with van der Waals surface area (Å²) in [5.41, 5.74) is 5.37. The van der Waals surface area contributed by atoms with Gasteiger partial charge in [0.2, 0.25) is 11.8 Å². The lowest BCUT2D eigenvalue weighted by Gasteiger charge is -2.23. The topological polar surface area (TPSA) is 98.0 Å². The normalized spacial score (nSPS) is 18.8. The van der Waals surface area contributed by atoms with Crippen molar-refractivity contribution in [2.24, 2.45) is 0 Å². The monoisotopic (exact) mass is 562 g/mol. The maximum Gasteiger partial charge on any atom is 0.228 e. The molecule has 2 atom stereocenters. The van der Waals surface area contributed by atoms with Crippen molar-refractivity contribution in [2.45, 2.75) is 51.1 Å². The van der Waals surface area contributed by atoms with E-state index < -0.39 is 0 Å². The Balaban J connectivity index is 1.09. The third-order valence-electron chi connectivity index (χ3n) is 8.12. The van der Waals surface area contributed by atoms with Gasteiger partial charge in [-0.05, 0) is 73.5 Å². The van der Waals surface area contributed by atoms with E-state index in [0.29, 0.717) is 6.42 Å². The molecule has 8 nitrogen and oxygen atoms in total. The van der Waals surface area contributed by atoms with Crippen molar-refractivity contribution >= 4 is 45.2 Å². The van der Waals surface area contributed by atoms with Gasteiger partial charge in [-0.25, -0.2) is 9.97 Å². The molecule has 0 unspecified atom stereocenters. The largest absolute Gasteiger partial charge is 0.340 e. The highest BCUT2D eigenvalue weighted by Crippen LogP contribution is 2.33. The molecule has 0 radical (unpaired) electrons. The van der Waals surface area contributed by atoms with Gasteiger partial charge in [0.15, 0.2) is 0 Å². The average Bonchev–Trinajstić information content (AvgIpc) is 3.79. The summed E-state index contributed by atoms with van der Waals surface area (Å²) in [5, 5.41) is 2.01. The number of amides is 2. The number of imidazole rings is 2. The Kier molecular flexibility index (Phi) is 6.56. The quantitative estimate of drug-likeness (QED) is 0.283. The molecule has 2 aliphatic rings. The van der Waals surface area contributed by atoms with Crippen molar-refractivity contribution in [3.05, 3.63) is 81.6 Å². The van der Waals surface area contributed by atoms with Gasteiger partial charge in [-0.1, -0.05) is 17.9 Å². The summed E-state index contributed by atoms with van der Waals surface area (Å²) in [6.07, 6.45) is 4.25. The van der Waals surface area contributed by atoms with Crippen LogP contribution >= 0.6 is 11.3 Å². The Hall–Kier alpha value is -4.42. The van der Waals surface area contributed by atoms with Gasteiger partial charge in [0.05, 0.1) is 40.6 Å². The zero-order valence-corrected chi connectivity index (χ0v) is 23.6. The fourth-order valence-corrected chi connectivity index (χ4v) is 6.81. The summed E-state index contributed by atoms with van der Waals surface area (Å²) in [5.74, 6) is 8.49. The van der Waals surface area contributed by atoms with Crippen LogP contribution in [-0.2, 0) is 16.0 Å². The number of thiophene rings is 1. The average molecular weight is 563 g/mol. The van der Waals surface area contributed by atoms with Gasteiger partial charge in [-0.3, -0.25) is 9.59 Å². The Morgan fingerprint density at radius 2 is 1.46 bits per heavy atom. The Labute approximate surface area is 241 Å². The van der Waals surface area contributed by atoms with Crippen molar-refractivity contribution in [3.8, 4) is 11.8 Å². The molecule has 0 spiro atoms. The first-order chi connectivity index (χ1) is 20.0. The fraction of sp³-hybridized carbons (Fsp3) is 0.312. The molecule has 5 heterocycles. The van der Waals surface area contributed by atoms with Crippen LogP contribution in [0.3, 0.4) is 0 Å². The summed E-state index contributed by atoms with van der Waals surface area (Å²) in [6, 6.07) is 15.9. The minimum absolute atomic E-state index is 0.0101. The van der Waals surface area contributed by atoms with Gasteiger partial charge in [0.1, 0.15) is 11.6 Å². The van der Waals surface area contributed by atoms with Crippen molar-refractivity contribution in [1.82, 2.24) is 29.7 Å². The predicted octanol–water partition coefficient (Wildman–Crippen LogP) is 5.49. The molecular weight excluding hydrogens is 532 g/mol. The Morgan fingerprint density at radius 3 is 2.02 bits per heavy atom. The maximum absolute atomic E-state index is 13.0. The minimum Gasteiger partial charge on any atom is -0.340 e. The number of fused-ring (bicyclic) bond motifs is 2. The number of nitrogens with one attached hydrogen (secondary N) is 2. The number of carbonyl (C=O) groups is 2. The summed E-state index contributed by atoms with van der Waals surface area (Å²) in [6.45, 7) is 3.16. The number of hydrogen-bond donors (Lipinski definition) is 2. The van der Waals surface area contributed by atoms with E-state index in [2.05, 4.69) is 21.8 Å². The second kappa shape index (κ2) is 10.5. The predicted molar refractivity (Wildman–Crippen MR) is 159 cm³/mol. The first-order valence-electron chi connectivity index (χ1n) is 14.1. The maximum atomic E-state index is 13.0. The van der Waals surface area contributed by atoms with Crippen LogP contribution in [0.2, 0.25) is 0 Å². The van der Waals surface area contributed by atoms with Gasteiger partial charge in [-0.15, -0.1) is 11.3 Å². The van der Waals surface area contributed by atoms with E-state index in [0.717, 1.165) is 88.5 Å². The van der Waals surface area contributed by atoms with E-state index >= 15 is 0 Å². The first-order valence-corrected chi connectivity index (χ1v) is 15.0. The van der Waals surface area contributed by atoms with Crippen LogP contribution in [0.15, 0.2) is 53.9 Å². The van der Waals surface area contributed by atoms with E-state index in [9.17, 15) is 9.59 Å². The molecule has 2 N–H and O–H groups in total. The third-order valence-corrected chi connectivity index (χ3v) is 9.00. The van der Waals surface area contributed by atoms with Crippen LogP contribution in [0.1, 0.15) is 72.3 Å². The third kappa shape index (κ3) is 5.00. The van der Waals surface area contributed by atoms with E-state index in [1.807, 2.05) is 63.7 Å². The zero-order chi connectivity index (χ0) is 27.9. The number of rotatable bonds is 4. The first kappa shape index (κ1) is 25.5. The molecule has 0 aliphatic carbocycles. The molecule has 5 aromatic rings. The van der Waals surface area contributed by atoms with Crippen molar-refractivity contribution in [2.75, 3.05) is 13.1 Å². The van der Waals surface area contributed by atoms with Gasteiger partial charge in [-0.2, -0.15) is 0 Å². The van der Waals surface area contributed by atoms with Crippen LogP contribution in [0.5, 0.6) is 0 Å². The van der Waals surface area contributed by atoms with Crippen molar-refractivity contribution in [3.63, 3.8) is 0 Å². The van der Waals surface area contributed by atoms with Crippen molar-refractivity contribution < 1.29 is 9.59 Å². The molecule has 2 amide bonds. The molecule has 7 rings (SSSR count). The number of benzene rings is 2. The molecule has 2 saturated heterocycles. The van der Waals surface area contributed by atoms with Gasteiger partial charge < -0.3 is 19.8 Å². The van der Waals surface area contributed by atoms with Crippen LogP contribution < -0.4 is 0 Å². The number of hydrogen-bond acceptors (Lipinski definition) is 5. The highest BCUT2D eigenvalue weighted by molar-refractivity contribution is 7.10. The molecule has 206 valence electrons. The number of carbonyl (C=O) groups excluding carboxylic acids is 2. The Morgan fingerprint density at radius 1 is 0.878 bits per heavy atom. The second-order valence-corrected chi connectivity index (χ2v) is 11.9. The molecule has 2 aliphatic heterocycles. The molecule has 2 fully saturated rings. The summed E-state index contributed by atoms with van der Waals surface area (Å²) >= 11 is 1.62. The summed E-state index contributed by atoms with van der Waals surface area (Å²) < 4.78 is 0. The molecule has 3 aromatic heterocycles. The number of nitrogens with zero attached hydrogens (tertiary/aromatic N) is 4. The number of likely N-dealkylation sites (tertiary alicyclic amines) is 2. The molecule has 2 aromatic carbocycles. The fourth-order valence-electron chi connectivity index (χ4n) is 6.12. The van der Waals surface area contributed by atoms with E-state index in [1.54, 1.807) is 18.3 Å². The van der Waals surface area contributed by atoms with Gasteiger partial charge >= 0.3 is 0 Å². The van der Waals surface area contributed by atoms with E-state index in [1.165, 1.54) is 0 Å². The number of aromatic amines is 2. The Bertz CT molecular complexity index is 1830. The lowest BCUT2D eigenvalue weighted by molar-refractivity contribution is -0.131. The number of aromatic nitrogens is 4. The van der Waals surface area contributed by atoms with Crippen LogP contribution in [0.25, 0.3) is 22.1 Å². The lowest BCUT2D eigenvalue weighted by Crippen LogP contribution is -2.32. The SMILES string of the molecule is CC(=O)N1CCC[C@H]1c1nc2ccc(C#Cc3ccc4nc([C@@H]5CCCN5C(=O)Cc5cccs5)[nH]c4c3)cc2[nH]1. The molecule has 41 heavy (non-hydrogen) atoms. The number of H-pyrrole nitrogens is 2. The van der Waals surface area contributed by atoms with Gasteiger partial charge in [0, 0.05) is 36.0 Å². The van der Waals surface area contributed by atoms with Crippen LogP contribution in [0, 0.1) is 11.8 Å². The van der Waals surface area contributed by atoms with E-state index in [-0.39, 0.29) is 23.9 Å². The van der Waals surface area contributed by atoms with Crippen LogP contribution in [-0.4, -0.2) is 54.6 Å². The molecule has 0 saturated carbocycles. The smallest absolute Gasteiger partial charge is 0.228 e. The highest BCUT2D eigenvalue weighted by Gasteiger charge is 2.32. The lowest BCUT2D eigenvalue weighted by atomic mass is 10.1. The molecule has 9 heteroatoms. The minimum atomic E-state index is -0.0258.